The molecule has 32 heavy (non-hydrogen) atoms. The summed E-state index contributed by atoms with van der Waals surface area (Å²) in [7, 11) is 0. The van der Waals surface area contributed by atoms with E-state index in [1.54, 1.807) is 42.7 Å². The van der Waals surface area contributed by atoms with Crippen LogP contribution in [0.1, 0.15) is 30.5 Å². The van der Waals surface area contributed by atoms with Crippen molar-refractivity contribution in [3.8, 4) is 0 Å². The van der Waals surface area contributed by atoms with Crippen LogP contribution in [0, 0.1) is 0 Å². The Morgan fingerprint density at radius 3 is 2.41 bits per heavy atom. The number of benzene rings is 2. The molecule has 0 radical (unpaired) electrons. The van der Waals surface area contributed by atoms with Gasteiger partial charge in [0.2, 0.25) is 5.91 Å². The third kappa shape index (κ3) is 4.23. The van der Waals surface area contributed by atoms with Crippen molar-refractivity contribution in [3.63, 3.8) is 0 Å². The van der Waals surface area contributed by atoms with Crippen LogP contribution in [0.4, 0.5) is 0 Å². The summed E-state index contributed by atoms with van der Waals surface area (Å²) >= 11 is 0. The first-order valence-corrected chi connectivity index (χ1v) is 10.5. The van der Waals surface area contributed by atoms with Gasteiger partial charge in [0.25, 0.3) is 5.56 Å². The van der Waals surface area contributed by atoms with Gasteiger partial charge in [0.15, 0.2) is 0 Å². The smallest absolute Gasteiger partial charge is 0.332 e. The lowest BCUT2D eigenvalue weighted by molar-refractivity contribution is -0.124. The van der Waals surface area contributed by atoms with Crippen molar-refractivity contribution in [1.29, 1.82) is 0 Å². The highest BCUT2D eigenvalue weighted by Gasteiger charge is 2.24. The Labute approximate surface area is 185 Å². The molecule has 0 aliphatic rings. The van der Waals surface area contributed by atoms with Crippen molar-refractivity contribution in [1.82, 2.24) is 19.4 Å². The first-order chi connectivity index (χ1) is 15.6. The summed E-state index contributed by atoms with van der Waals surface area (Å²) in [4.78, 5) is 43.8. The Morgan fingerprint density at radius 1 is 0.969 bits per heavy atom. The Kier molecular flexibility index (Phi) is 6.26. The van der Waals surface area contributed by atoms with Gasteiger partial charge in [-0.15, -0.1) is 0 Å². The van der Waals surface area contributed by atoms with Gasteiger partial charge in [-0.2, -0.15) is 0 Å². The summed E-state index contributed by atoms with van der Waals surface area (Å²) in [5.41, 5.74) is 1.29. The number of para-hydroxylation sites is 1. The molecule has 0 saturated carbocycles. The van der Waals surface area contributed by atoms with Gasteiger partial charge in [-0.3, -0.25) is 23.7 Å². The normalized spacial score (nSPS) is 11.9. The van der Waals surface area contributed by atoms with E-state index in [9.17, 15) is 14.4 Å². The fraction of sp³-hybridized carbons (Fsp3) is 0.200. The van der Waals surface area contributed by atoms with E-state index >= 15 is 0 Å². The Hall–Kier alpha value is -4.00. The van der Waals surface area contributed by atoms with Crippen LogP contribution in [-0.4, -0.2) is 20.0 Å². The number of nitrogens with one attached hydrogen (secondary N) is 1. The topological polar surface area (TPSA) is 86.0 Å². The Morgan fingerprint density at radius 2 is 1.69 bits per heavy atom. The van der Waals surface area contributed by atoms with Crippen molar-refractivity contribution in [2.45, 2.75) is 32.5 Å². The van der Waals surface area contributed by atoms with Crippen molar-refractivity contribution in [2.24, 2.45) is 0 Å². The maximum atomic E-state index is 13.5. The molecule has 0 aliphatic heterocycles. The van der Waals surface area contributed by atoms with E-state index in [2.05, 4.69) is 10.3 Å². The average Bonchev–Trinajstić information content (AvgIpc) is 2.84. The molecule has 7 nitrogen and oxygen atoms in total. The highest BCUT2D eigenvalue weighted by molar-refractivity contribution is 5.84. The molecular formula is C25H24N4O3. The number of hydrogen-bond donors (Lipinski definition) is 1. The minimum atomic E-state index is -0.758. The average molecular weight is 428 g/mol. The van der Waals surface area contributed by atoms with Crippen LogP contribution < -0.4 is 16.6 Å². The zero-order chi connectivity index (χ0) is 22.5. The molecule has 1 N–H and O–H groups in total. The molecule has 2 heterocycles. The predicted molar refractivity (Wildman–Crippen MR) is 123 cm³/mol. The third-order valence-corrected chi connectivity index (χ3v) is 5.45. The first kappa shape index (κ1) is 21.2. The molecule has 0 saturated heterocycles. The van der Waals surface area contributed by atoms with Gasteiger partial charge in [0.1, 0.15) is 6.04 Å². The Bertz CT molecular complexity index is 1340. The summed E-state index contributed by atoms with van der Waals surface area (Å²) in [5, 5.41) is 3.30. The molecule has 1 unspecified atom stereocenters. The molecule has 2 aromatic carbocycles. The van der Waals surface area contributed by atoms with Crippen molar-refractivity contribution < 1.29 is 4.79 Å². The van der Waals surface area contributed by atoms with E-state index in [1.165, 1.54) is 9.13 Å². The van der Waals surface area contributed by atoms with Crippen molar-refractivity contribution in [2.75, 3.05) is 0 Å². The number of nitrogens with zero attached hydrogens (tertiary/aromatic N) is 3. The second-order valence-electron chi connectivity index (χ2n) is 7.55. The monoisotopic (exact) mass is 428 g/mol. The van der Waals surface area contributed by atoms with E-state index in [0.717, 1.165) is 11.1 Å². The molecule has 7 heteroatoms. The van der Waals surface area contributed by atoms with E-state index in [1.807, 2.05) is 43.3 Å². The Balaban J connectivity index is 1.78. The maximum absolute atomic E-state index is 13.5. The summed E-state index contributed by atoms with van der Waals surface area (Å²) in [5.74, 6) is -0.284. The van der Waals surface area contributed by atoms with Crippen molar-refractivity contribution >= 4 is 16.8 Å². The largest absolute Gasteiger partial charge is 0.350 e. The lowest BCUT2D eigenvalue weighted by Gasteiger charge is -2.21. The number of fused-ring (bicyclic) bond motifs is 1. The van der Waals surface area contributed by atoms with Gasteiger partial charge in [-0.05, 0) is 35.7 Å². The molecule has 0 bridgehead atoms. The fourth-order valence-corrected chi connectivity index (χ4v) is 3.83. The maximum Gasteiger partial charge on any atom is 0.332 e. The minimum absolute atomic E-state index is 0.136. The van der Waals surface area contributed by atoms with E-state index < -0.39 is 11.7 Å². The molecule has 1 amide bonds. The fourth-order valence-electron chi connectivity index (χ4n) is 3.83. The van der Waals surface area contributed by atoms with Gasteiger partial charge < -0.3 is 5.32 Å². The van der Waals surface area contributed by atoms with Crippen LogP contribution in [0.2, 0.25) is 0 Å². The molecule has 162 valence electrons. The van der Waals surface area contributed by atoms with Gasteiger partial charge in [0.05, 0.1) is 17.4 Å². The molecule has 4 aromatic rings. The molecular weight excluding hydrogens is 404 g/mol. The molecule has 2 aromatic heterocycles. The van der Waals surface area contributed by atoms with Crippen LogP contribution >= 0.6 is 0 Å². The SMILES string of the molecule is CCC(C(=O)NCc1cccnc1)n1c(=O)n(Cc2ccccc2)c(=O)c2ccccc21. The molecule has 0 spiro atoms. The van der Waals surface area contributed by atoms with E-state index in [0.29, 0.717) is 23.9 Å². The lowest BCUT2D eigenvalue weighted by Crippen LogP contribution is -2.45. The molecule has 1 atom stereocenters. The number of carbonyl (C=O) groups is 1. The van der Waals surface area contributed by atoms with Gasteiger partial charge >= 0.3 is 5.69 Å². The summed E-state index contributed by atoms with van der Waals surface area (Å²) in [6, 6.07) is 19.2. The number of rotatable bonds is 7. The first-order valence-electron chi connectivity index (χ1n) is 10.5. The van der Waals surface area contributed by atoms with Crippen LogP contribution in [0.15, 0.2) is 88.7 Å². The van der Waals surface area contributed by atoms with Gasteiger partial charge in [-0.25, -0.2) is 4.79 Å². The predicted octanol–water partition coefficient (Wildman–Crippen LogP) is 2.87. The third-order valence-electron chi connectivity index (χ3n) is 5.45. The number of carbonyl (C=O) groups excluding carboxylic acids is 1. The van der Waals surface area contributed by atoms with Crippen LogP contribution in [-0.2, 0) is 17.9 Å². The number of amides is 1. The molecule has 4 rings (SSSR count). The highest BCUT2D eigenvalue weighted by atomic mass is 16.2. The molecule has 0 aliphatic carbocycles. The van der Waals surface area contributed by atoms with E-state index in [-0.39, 0.29) is 18.0 Å². The van der Waals surface area contributed by atoms with E-state index in [4.69, 9.17) is 0 Å². The van der Waals surface area contributed by atoms with Crippen LogP contribution in [0.3, 0.4) is 0 Å². The number of hydrogen-bond acceptors (Lipinski definition) is 4. The number of aromatic nitrogens is 3. The zero-order valence-corrected chi connectivity index (χ0v) is 17.8. The highest BCUT2D eigenvalue weighted by Crippen LogP contribution is 2.17. The summed E-state index contributed by atoms with van der Waals surface area (Å²) < 4.78 is 2.65. The molecule has 0 fully saturated rings. The van der Waals surface area contributed by atoms with Gasteiger partial charge in [-0.1, -0.05) is 55.5 Å². The minimum Gasteiger partial charge on any atom is -0.350 e. The van der Waals surface area contributed by atoms with Crippen LogP contribution in [0.5, 0.6) is 0 Å². The summed E-state index contributed by atoms with van der Waals surface area (Å²) in [6.07, 6.45) is 3.75. The second-order valence-corrected chi connectivity index (χ2v) is 7.55. The van der Waals surface area contributed by atoms with Crippen molar-refractivity contribution in [3.05, 3.63) is 111 Å². The summed E-state index contributed by atoms with van der Waals surface area (Å²) in [6.45, 7) is 2.29. The van der Waals surface area contributed by atoms with Gasteiger partial charge in [0, 0.05) is 18.9 Å². The van der Waals surface area contributed by atoms with Crippen LogP contribution in [0.25, 0.3) is 10.9 Å². The zero-order valence-electron chi connectivity index (χ0n) is 17.8. The lowest BCUT2D eigenvalue weighted by atomic mass is 10.1. The number of pyridine rings is 1. The quantitative estimate of drug-likeness (QED) is 0.490. The standard InChI is InChI=1S/C25H24N4O3/c1-2-21(23(30)27-16-19-11-8-14-26-15-19)29-22-13-7-6-12-20(22)24(31)28(25(29)32)17-18-9-4-3-5-10-18/h3-15,21H,2,16-17H2,1H3,(H,27,30). The second kappa shape index (κ2) is 9.43.